The highest BCUT2D eigenvalue weighted by atomic mass is 32.1. The number of thiophene rings is 1. The Morgan fingerprint density at radius 3 is 2.67 bits per heavy atom. The van der Waals surface area contributed by atoms with Crippen molar-refractivity contribution in [2.75, 3.05) is 7.05 Å². The van der Waals surface area contributed by atoms with Crippen molar-refractivity contribution in [1.82, 2.24) is 10.2 Å². The lowest BCUT2D eigenvalue weighted by molar-refractivity contribution is -0.169. The van der Waals surface area contributed by atoms with E-state index in [0.717, 1.165) is 23.8 Å². The molecule has 8 heteroatoms. The highest BCUT2D eigenvalue weighted by Crippen LogP contribution is 2.42. The predicted molar refractivity (Wildman–Crippen MR) is 68.4 cm³/mol. The summed E-state index contributed by atoms with van der Waals surface area (Å²) in [6, 6.07) is 1.61. The molecule has 0 spiro atoms. The molecule has 0 bridgehead atoms. The number of rotatable bonds is 1. The minimum absolute atomic E-state index is 0.320. The second-order valence-corrected chi connectivity index (χ2v) is 5.44. The molecule has 1 aromatic heterocycles. The van der Waals surface area contributed by atoms with E-state index in [1.54, 1.807) is 19.3 Å². The van der Waals surface area contributed by atoms with Crippen LogP contribution in [0.3, 0.4) is 0 Å². The van der Waals surface area contributed by atoms with Crippen LogP contribution in [0.5, 0.6) is 0 Å². The Morgan fingerprint density at radius 2 is 2.17 bits per heavy atom. The molecule has 1 aromatic rings. The molecule has 0 aromatic carbocycles. The van der Waals surface area contributed by atoms with Crippen molar-refractivity contribution < 1.29 is 13.6 Å². The molecule has 1 atom stereocenters. The molecule has 0 unspecified atom stereocenters. The van der Waals surface area contributed by atoms with Gasteiger partial charge in [-0.05, 0) is 12.3 Å². The number of alkyl halides is 2. The van der Waals surface area contributed by atoms with E-state index in [2.05, 4.69) is 5.32 Å². The van der Waals surface area contributed by atoms with Crippen molar-refractivity contribution in [3.8, 4) is 0 Å². The Hall–Kier alpha value is -1.44. The normalized spacial score (nSPS) is 27.2. The first kappa shape index (κ1) is 13.0. The number of guanidine groups is 1. The van der Waals surface area contributed by atoms with E-state index in [9.17, 15) is 13.6 Å². The number of hydrogen-bond acceptors (Lipinski definition) is 3. The van der Waals surface area contributed by atoms with Crippen molar-refractivity contribution in [3.05, 3.63) is 16.3 Å². The maximum atomic E-state index is 14.2. The molecule has 1 saturated heterocycles. The van der Waals surface area contributed by atoms with E-state index in [-0.39, 0.29) is 5.96 Å². The van der Waals surface area contributed by atoms with Gasteiger partial charge < -0.3 is 5.32 Å². The third kappa shape index (κ3) is 1.55. The zero-order valence-corrected chi connectivity index (χ0v) is 11.0. The summed E-state index contributed by atoms with van der Waals surface area (Å²) in [6.07, 6.45) is 0. The van der Waals surface area contributed by atoms with Gasteiger partial charge in [-0.2, -0.15) is 8.78 Å². The van der Waals surface area contributed by atoms with Gasteiger partial charge in [0, 0.05) is 11.9 Å². The lowest BCUT2D eigenvalue weighted by atomic mass is 9.87. The van der Waals surface area contributed by atoms with E-state index in [1.165, 1.54) is 6.92 Å². The van der Waals surface area contributed by atoms with Crippen molar-refractivity contribution in [2.45, 2.75) is 18.4 Å². The molecule has 96 valence electrons. The molecular weight excluding hydrogens is 259 g/mol. The van der Waals surface area contributed by atoms with Crippen LogP contribution in [-0.2, 0) is 10.3 Å². The summed E-state index contributed by atoms with van der Waals surface area (Å²) in [5.41, 5.74) is -1.01. The summed E-state index contributed by atoms with van der Waals surface area (Å²) >= 11 is 1.15. The highest BCUT2D eigenvalue weighted by Gasteiger charge is 2.63. The van der Waals surface area contributed by atoms with Crippen LogP contribution < -0.4 is 10.8 Å². The Labute approximate surface area is 108 Å². The van der Waals surface area contributed by atoms with Crippen LogP contribution in [0.15, 0.2) is 11.4 Å². The second-order valence-electron chi connectivity index (χ2n) is 4.53. The van der Waals surface area contributed by atoms with Gasteiger partial charge in [0.05, 0.1) is 0 Å². The smallest absolute Gasteiger partial charge is 0.340 e. The lowest BCUT2D eigenvalue weighted by Crippen LogP contribution is -2.70. The third-order valence-electron chi connectivity index (χ3n) is 3.13. The van der Waals surface area contributed by atoms with Gasteiger partial charge in [-0.25, -0.2) is 0 Å². The number of amides is 1. The minimum Gasteiger partial charge on any atom is -0.340 e. The first-order valence-electron chi connectivity index (χ1n) is 5.28. The Bertz CT molecular complexity index is 533. The summed E-state index contributed by atoms with van der Waals surface area (Å²) in [5.74, 6) is -5.27. The summed E-state index contributed by atoms with van der Waals surface area (Å²) in [6.45, 7) is 1.25. The van der Waals surface area contributed by atoms with E-state index in [1.807, 2.05) is 0 Å². The average molecular weight is 271 g/mol. The summed E-state index contributed by atoms with van der Waals surface area (Å²) < 4.78 is 28.4. The van der Waals surface area contributed by atoms with E-state index in [4.69, 9.17) is 5.41 Å². The largest absolute Gasteiger partial charge is 0.352 e. The summed E-state index contributed by atoms with van der Waals surface area (Å²) in [4.78, 5) is 12.6. The second kappa shape index (κ2) is 3.78. The van der Waals surface area contributed by atoms with Gasteiger partial charge in [0.25, 0.3) is 0 Å². The fourth-order valence-corrected chi connectivity index (χ4v) is 2.88. The number of carbonyl (C=O) groups is 1. The molecule has 1 amide bonds. The molecule has 1 fully saturated rings. The molecule has 1 aliphatic heterocycles. The predicted octanol–water partition coefficient (Wildman–Crippen LogP) is -0.147. The standard InChI is InChI=1S/C10H12BF2N3OS/c1-9(6-3-5(11)4-18-6)10(12,13)7(17)16(2)8(14)15-9/h3-4H,11H2,1-2H3,(H2,14,15)/t9-/m1/s1. The molecule has 18 heavy (non-hydrogen) atoms. The van der Waals surface area contributed by atoms with Crippen LogP contribution in [0.1, 0.15) is 11.8 Å². The molecule has 1 aliphatic rings. The quantitative estimate of drug-likeness (QED) is 0.698. The molecule has 2 N–H and O–H groups in total. The maximum Gasteiger partial charge on any atom is 0.352 e. The highest BCUT2D eigenvalue weighted by molar-refractivity contribution is 7.11. The first-order chi connectivity index (χ1) is 8.20. The Kier molecular flexibility index (Phi) is 2.73. The minimum atomic E-state index is -3.59. The number of carbonyl (C=O) groups excluding carboxylic acids is 1. The SMILES string of the molecule is Bc1csc([C@@]2(C)NC(=N)N(C)C(=O)C2(F)F)c1. The van der Waals surface area contributed by atoms with E-state index in [0.29, 0.717) is 9.78 Å². The molecule has 2 heterocycles. The molecule has 0 aliphatic carbocycles. The van der Waals surface area contributed by atoms with Gasteiger partial charge in [-0.15, -0.1) is 11.3 Å². The van der Waals surface area contributed by atoms with Crippen molar-refractivity contribution >= 4 is 36.5 Å². The molecule has 0 radical (unpaired) electrons. The van der Waals surface area contributed by atoms with Gasteiger partial charge in [0.1, 0.15) is 13.4 Å². The van der Waals surface area contributed by atoms with Gasteiger partial charge in [-0.1, -0.05) is 11.5 Å². The molecular formula is C10H12BF2N3OS. The number of nitrogens with zero attached hydrogens (tertiary/aromatic N) is 1. The number of nitrogens with one attached hydrogen (secondary N) is 2. The summed E-state index contributed by atoms with van der Waals surface area (Å²) in [7, 11) is 2.95. The van der Waals surface area contributed by atoms with Crippen molar-refractivity contribution in [3.63, 3.8) is 0 Å². The summed E-state index contributed by atoms with van der Waals surface area (Å²) in [5, 5.41) is 11.8. The van der Waals surface area contributed by atoms with E-state index >= 15 is 0 Å². The van der Waals surface area contributed by atoms with Gasteiger partial charge in [0.15, 0.2) is 5.96 Å². The van der Waals surface area contributed by atoms with Crippen molar-refractivity contribution in [1.29, 1.82) is 5.41 Å². The average Bonchev–Trinajstić information content (AvgIpc) is 2.72. The van der Waals surface area contributed by atoms with Crippen LogP contribution in [0.25, 0.3) is 0 Å². The molecule has 0 saturated carbocycles. The van der Waals surface area contributed by atoms with Gasteiger partial charge >= 0.3 is 11.8 Å². The fraction of sp³-hybridized carbons (Fsp3) is 0.400. The van der Waals surface area contributed by atoms with Gasteiger partial charge in [-0.3, -0.25) is 15.1 Å². The Balaban J connectivity index is 2.54. The van der Waals surface area contributed by atoms with Crippen LogP contribution in [0, 0.1) is 5.41 Å². The topological polar surface area (TPSA) is 56.2 Å². The maximum absolute atomic E-state index is 14.2. The van der Waals surface area contributed by atoms with Crippen LogP contribution >= 0.6 is 11.3 Å². The zero-order chi connectivity index (χ0) is 13.7. The van der Waals surface area contributed by atoms with Crippen LogP contribution in [-0.4, -0.2) is 37.6 Å². The van der Waals surface area contributed by atoms with Crippen LogP contribution in [0.2, 0.25) is 0 Å². The monoisotopic (exact) mass is 271 g/mol. The van der Waals surface area contributed by atoms with Gasteiger partial charge in [0.2, 0.25) is 0 Å². The number of hydrogen-bond donors (Lipinski definition) is 2. The molecule has 2 rings (SSSR count). The zero-order valence-electron chi connectivity index (χ0n) is 10.2. The number of halogens is 2. The Morgan fingerprint density at radius 1 is 1.56 bits per heavy atom. The first-order valence-corrected chi connectivity index (χ1v) is 6.16. The van der Waals surface area contributed by atoms with Crippen LogP contribution in [0.4, 0.5) is 8.78 Å². The third-order valence-corrected chi connectivity index (χ3v) is 4.40. The molecule has 4 nitrogen and oxygen atoms in total. The van der Waals surface area contributed by atoms with E-state index < -0.39 is 17.4 Å². The lowest BCUT2D eigenvalue weighted by Gasteiger charge is -2.44. The fourth-order valence-electron chi connectivity index (χ4n) is 1.83. The van der Waals surface area contributed by atoms with Crippen molar-refractivity contribution in [2.24, 2.45) is 0 Å².